The number of halogens is 10. The number of hydrogen-bond donors (Lipinski definition) is 0. The summed E-state index contributed by atoms with van der Waals surface area (Å²) in [5.41, 5.74) is 0. The summed E-state index contributed by atoms with van der Waals surface area (Å²) in [7, 11) is -6.68. The maximum atomic E-state index is 13.2. The highest BCUT2D eigenvalue weighted by Gasteiger charge is 2.86. The van der Waals surface area contributed by atoms with E-state index >= 15 is 0 Å². The largest absolute Gasteiger partial charge is 0.460 e. The quantitative estimate of drug-likeness (QED) is 0.298. The minimum atomic E-state index is -7.27. The predicted molar refractivity (Wildman–Crippen MR) is 52.0 cm³/mol. The van der Waals surface area contributed by atoms with E-state index in [9.17, 15) is 47.9 Å². The molecule has 0 unspecified atom stereocenters. The van der Waals surface area contributed by atoms with Gasteiger partial charge >= 0.3 is 33.4 Å². The SMILES string of the molecule is CC[I+](CC)OS(=O)(=O)C(F)(F)C(F)(F)C(F)(F)C(F)(F)F. The van der Waals surface area contributed by atoms with Crippen molar-refractivity contribution in [1.82, 2.24) is 0 Å². The lowest BCUT2D eigenvalue weighted by Gasteiger charge is -2.31. The van der Waals surface area contributed by atoms with Gasteiger partial charge in [0.15, 0.2) is 0 Å². The average Bonchev–Trinajstić information content (AvgIpc) is 2.33. The minimum absolute atomic E-state index is 0.128. The standard InChI is InChI=1S/C8H10F9IO3S/c1-3-18(4-2)21-22(19,20)8(16,17)6(11,12)5(9,10)7(13,14)15/h3-4H2,1-2H3/q+1. The molecule has 0 bridgehead atoms. The van der Waals surface area contributed by atoms with Crippen molar-refractivity contribution in [3.8, 4) is 0 Å². The lowest BCUT2D eigenvalue weighted by Crippen LogP contribution is -3.87. The molecule has 0 aliphatic rings. The van der Waals surface area contributed by atoms with Crippen LogP contribution in [0.4, 0.5) is 39.5 Å². The van der Waals surface area contributed by atoms with Crippen molar-refractivity contribution in [3.05, 3.63) is 0 Å². The molecular weight excluding hydrogens is 474 g/mol. The molecule has 0 spiro atoms. The van der Waals surface area contributed by atoms with Crippen LogP contribution in [0, 0.1) is 0 Å². The summed E-state index contributed by atoms with van der Waals surface area (Å²) in [6.45, 7) is 2.54. The number of rotatable bonds is 7. The highest BCUT2D eigenvalue weighted by Crippen LogP contribution is 2.54. The third-order valence-corrected chi connectivity index (χ3v) is 9.78. The van der Waals surface area contributed by atoms with Crippen molar-refractivity contribution in [2.45, 2.75) is 37.1 Å². The molecule has 0 N–H and O–H groups in total. The first-order valence-corrected chi connectivity index (χ1v) is 10.6. The topological polar surface area (TPSA) is 43.4 Å². The summed E-state index contributed by atoms with van der Waals surface area (Å²) < 4.78 is 139. The van der Waals surface area contributed by atoms with Crippen LogP contribution in [0.1, 0.15) is 13.8 Å². The Morgan fingerprint density at radius 3 is 1.45 bits per heavy atom. The highest BCUT2D eigenvalue weighted by atomic mass is 127. The molecule has 0 saturated heterocycles. The predicted octanol–water partition coefficient (Wildman–Crippen LogP) is 0.338. The van der Waals surface area contributed by atoms with E-state index in [1.165, 1.54) is 13.8 Å². The van der Waals surface area contributed by atoms with Gasteiger partial charge in [-0.25, -0.2) is 0 Å². The summed E-state index contributed by atoms with van der Waals surface area (Å²) in [5.74, 6) is -14.5. The molecular formula is C8H10F9IO3S+. The van der Waals surface area contributed by atoms with Crippen LogP contribution in [0.15, 0.2) is 0 Å². The molecule has 22 heavy (non-hydrogen) atoms. The molecule has 14 heteroatoms. The van der Waals surface area contributed by atoms with Crippen LogP contribution in [0.2, 0.25) is 0 Å². The first-order chi connectivity index (χ1) is 9.49. The molecule has 1 radical (unpaired) electrons. The summed E-state index contributed by atoms with van der Waals surface area (Å²) in [6, 6.07) is 0. The van der Waals surface area contributed by atoms with Crippen LogP contribution in [-0.2, 0) is 12.6 Å². The Kier molecular flexibility index (Phi) is 6.49. The number of alkyl halides is 11. The third kappa shape index (κ3) is 3.57. The van der Waals surface area contributed by atoms with Crippen LogP contribution in [-0.4, -0.2) is 40.5 Å². The maximum Gasteiger partial charge on any atom is 0.460 e. The normalized spacial score (nSPS) is 15.5. The van der Waals surface area contributed by atoms with E-state index in [-0.39, 0.29) is 8.86 Å². The van der Waals surface area contributed by atoms with Crippen molar-refractivity contribution in [2.75, 3.05) is 8.86 Å². The van der Waals surface area contributed by atoms with Gasteiger partial charge in [0, 0.05) is 0 Å². The van der Waals surface area contributed by atoms with Gasteiger partial charge in [-0.2, -0.15) is 47.9 Å². The van der Waals surface area contributed by atoms with Gasteiger partial charge in [-0.15, -0.1) is 0 Å². The van der Waals surface area contributed by atoms with Crippen molar-refractivity contribution in [1.29, 1.82) is 0 Å². The number of hydrogen-bond acceptors (Lipinski definition) is 3. The maximum absolute atomic E-state index is 13.2. The van der Waals surface area contributed by atoms with Crippen molar-refractivity contribution in [3.63, 3.8) is 0 Å². The van der Waals surface area contributed by atoms with Gasteiger partial charge in [0.1, 0.15) is 8.86 Å². The van der Waals surface area contributed by atoms with Gasteiger partial charge in [0.25, 0.3) is 0 Å². The van der Waals surface area contributed by atoms with Crippen LogP contribution in [0.25, 0.3) is 0 Å². The second-order valence-electron chi connectivity index (χ2n) is 3.62. The Balaban J connectivity index is 5.90. The zero-order valence-corrected chi connectivity index (χ0v) is 13.8. The van der Waals surface area contributed by atoms with E-state index in [0.29, 0.717) is 0 Å². The van der Waals surface area contributed by atoms with Crippen LogP contribution in [0.5, 0.6) is 0 Å². The van der Waals surface area contributed by atoms with E-state index in [2.05, 4.69) is 2.51 Å². The summed E-state index contributed by atoms with van der Waals surface area (Å²) in [4.78, 5) is 0. The molecule has 0 aromatic carbocycles. The summed E-state index contributed by atoms with van der Waals surface area (Å²) in [5, 5.41) is -6.75. The summed E-state index contributed by atoms with van der Waals surface area (Å²) in [6.07, 6.45) is -7.08. The fourth-order valence-electron chi connectivity index (χ4n) is 0.953. The Hall–Kier alpha value is 0.01000. The lowest BCUT2D eigenvalue weighted by molar-refractivity contribution is -1.06. The zero-order valence-electron chi connectivity index (χ0n) is 10.8. The van der Waals surface area contributed by atoms with Gasteiger partial charge < -0.3 is 0 Å². The molecule has 0 fully saturated rings. The molecule has 0 heterocycles. The second-order valence-corrected chi connectivity index (χ2v) is 11.6. The first-order valence-electron chi connectivity index (χ1n) is 5.26. The minimum Gasteiger partial charge on any atom is -0.191 e. The zero-order chi connectivity index (χ0) is 18.2. The summed E-state index contributed by atoms with van der Waals surface area (Å²) >= 11 is -3.20. The fourth-order valence-corrected chi connectivity index (χ4v) is 7.18. The van der Waals surface area contributed by atoms with E-state index < -0.39 is 53.6 Å². The monoisotopic (exact) mass is 484 g/mol. The molecule has 0 amide bonds. The molecule has 0 aliphatic carbocycles. The first kappa shape index (κ1) is 22.0. The Morgan fingerprint density at radius 1 is 0.818 bits per heavy atom. The Labute approximate surface area is 127 Å². The Bertz CT molecular complexity index is 484. The van der Waals surface area contributed by atoms with Crippen LogP contribution < -0.4 is 20.2 Å². The molecule has 3 nitrogen and oxygen atoms in total. The average molecular weight is 484 g/mol. The molecule has 0 saturated carbocycles. The van der Waals surface area contributed by atoms with E-state index in [0.717, 1.165) is 0 Å². The second kappa shape index (κ2) is 6.49. The van der Waals surface area contributed by atoms with Crippen LogP contribution >= 0.6 is 0 Å². The highest BCUT2D eigenvalue weighted by molar-refractivity contribution is 7.87. The van der Waals surface area contributed by atoms with Gasteiger partial charge in [-0.1, -0.05) is 2.51 Å². The fraction of sp³-hybridized carbons (Fsp3) is 1.00. The van der Waals surface area contributed by atoms with Gasteiger partial charge in [-0.3, -0.25) is 0 Å². The van der Waals surface area contributed by atoms with Gasteiger partial charge in [-0.05, 0) is 13.8 Å². The molecule has 0 rings (SSSR count). The van der Waals surface area contributed by atoms with Crippen molar-refractivity contribution >= 4 is 10.1 Å². The van der Waals surface area contributed by atoms with Gasteiger partial charge in [0.2, 0.25) is 20.2 Å². The van der Waals surface area contributed by atoms with Gasteiger partial charge in [0.05, 0.1) is 0 Å². The smallest absolute Gasteiger partial charge is 0.191 e. The molecule has 0 aliphatic heterocycles. The van der Waals surface area contributed by atoms with E-state index in [1.807, 2.05) is 0 Å². The molecule has 0 aromatic heterocycles. The molecule has 0 atom stereocenters. The molecule has 0 aromatic rings. The molecule has 135 valence electrons. The van der Waals surface area contributed by atoms with E-state index in [4.69, 9.17) is 0 Å². The Morgan fingerprint density at radius 2 is 1.18 bits per heavy atom. The third-order valence-electron chi connectivity index (χ3n) is 2.20. The van der Waals surface area contributed by atoms with E-state index in [1.54, 1.807) is 0 Å². The van der Waals surface area contributed by atoms with Crippen molar-refractivity contribution in [2.24, 2.45) is 0 Å². The van der Waals surface area contributed by atoms with Crippen LogP contribution in [0.3, 0.4) is 0 Å². The van der Waals surface area contributed by atoms with Crippen molar-refractivity contribution < 1.29 is 70.7 Å². The lowest BCUT2D eigenvalue weighted by atomic mass is 10.1.